The number of nitrogens with zero attached hydrogens (tertiary/aromatic N) is 4. The standard InChI is InChI=1S/C21H19ClN4O2S2/c1-26-20(14-4-3-5-18(10-14)27-2)24-25-21(26)30-13-16-12-29-19(23-16)11-28-17-8-6-15(22)7-9-17/h3-10,12H,11,13H2,1-2H3. The monoisotopic (exact) mass is 458 g/mol. The first-order valence-corrected chi connectivity index (χ1v) is 11.3. The Morgan fingerprint density at radius 2 is 1.93 bits per heavy atom. The Morgan fingerprint density at radius 1 is 1.10 bits per heavy atom. The van der Waals surface area contributed by atoms with Crippen LogP contribution in [0.1, 0.15) is 10.7 Å². The zero-order valence-electron chi connectivity index (χ0n) is 16.4. The van der Waals surface area contributed by atoms with E-state index in [4.69, 9.17) is 21.1 Å². The lowest BCUT2D eigenvalue weighted by atomic mass is 10.2. The number of benzene rings is 2. The first kappa shape index (κ1) is 20.7. The van der Waals surface area contributed by atoms with Gasteiger partial charge in [-0.15, -0.1) is 21.5 Å². The third-order valence-electron chi connectivity index (χ3n) is 4.29. The molecule has 0 saturated carbocycles. The lowest BCUT2D eigenvalue weighted by Crippen LogP contribution is -1.96. The number of rotatable bonds is 8. The number of hydrogen-bond donors (Lipinski definition) is 0. The quantitative estimate of drug-likeness (QED) is 0.326. The summed E-state index contributed by atoms with van der Waals surface area (Å²) in [6.07, 6.45) is 0. The Hall–Kier alpha value is -2.55. The minimum Gasteiger partial charge on any atom is -0.497 e. The molecular weight excluding hydrogens is 440 g/mol. The van der Waals surface area contributed by atoms with Gasteiger partial charge in [-0.05, 0) is 36.4 Å². The van der Waals surface area contributed by atoms with Crippen molar-refractivity contribution in [2.24, 2.45) is 7.05 Å². The highest BCUT2D eigenvalue weighted by molar-refractivity contribution is 7.98. The summed E-state index contributed by atoms with van der Waals surface area (Å²) in [4.78, 5) is 4.65. The van der Waals surface area contributed by atoms with E-state index in [9.17, 15) is 0 Å². The van der Waals surface area contributed by atoms with Gasteiger partial charge in [-0.3, -0.25) is 0 Å². The van der Waals surface area contributed by atoms with Crippen molar-refractivity contribution in [3.63, 3.8) is 0 Å². The predicted molar refractivity (Wildman–Crippen MR) is 120 cm³/mol. The van der Waals surface area contributed by atoms with Gasteiger partial charge in [0.15, 0.2) is 11.0 Å². The second kappa shape index (κ2) is 9.51. The SMILES string of the molecule is COc1cccc(-c2nnc(SCc3csc(COc4ccc(Cl)cc4)n3)n2C)c1. The van der Waals surface area contributed by atoms with Crippen molar-refractivity contribution in [2.75, 3.05) is 7.11 Å². The topological polar surface area (TPSA) is 62.1 Å². The molecule has 0 unspecified atom stereocenters. The molecule has 0 N–H and O–H groups in total. The molecule has 0 radical (unpaired) electrons. The average Bonchev–Trinajstić information content (AvgIpc) is 3.38. The van der Waals surface area contributed by atoms with Crippen LogP contribution in [0.5, 0.6) is 11.5 Å². The summed E-state index contributed by atoms with van der Waals surface area (Å²) >= 11 is 9.08. The van der Waals surface area contributed by atoms with Crippen LogP contribution < -0.4 is 9.47 Å². The summed E-state index contributed by atoms with van der Waals surface area (Å²) in [5.41, 5.74) is 1.96. The molecule has 0 aliphatic carbocycles. The number of thiazole rings is 1. The highest BCUT2D eigenvalue weighted by Gasteiger charge is 2.13. The molecule has 4 rings (SSSR count). The first-order chi connectivity index (χ1) is 14.6. The highest BCUT2D eigenvalue weighted by Crippen LogP contribution is 2.27. The van der Waals surface area contributed by atoms with E-state index in [0.29, 0.717) is 17.4 Å². The minimum atomic E-state index is 0.431. The van der Waals surface area contributed by atoms with Crippen molar-refractivity contribution in [3.8, 4) is 22.9 Å². The fourth-order valence-electron chi connectivity index (χ4n) is 2.75. The maximum absolute atomic E-state index is 5.89. The molecule has 154 valence electrons. The maximum atomic E-state index is 5.89. The van der Waals surface area contributed by atoms with Gasteiger partial charge >= 0.3 is 0 Å². The Labute approximate surface area is 187 Å². The average molecular weight is 459 g/mol. The van der Waals surface area contributed by atoms with Crippen molar-refractivity contribution < 1.29 is 9.47 Å². The van der Waals surface area contributed by atoms with Crippen LogP contribution >= 0.6 is 34.7 Å². The summed E-state index contributed by atoms with van der Waals surface area (Å²) in [7, 11) is 3.61. The predicted octanol–water partition coefficient (Wildman–Crippen LogP) is 5.47. The van der Waals surface area contributed by atoms with Crippen molar-refractivity contribution >= 4 is 34.7 Å². The van der Waals surface area contributed by atoms with Crippen LogP contribution in [-0.4, -0.2) is 26.9 Å². The fraction of sp³-hybridized carbons (Fsp3) is 0.190. The molecule has 2 aromatic carbocycles. The normalized spacial score (nSPS) is 10.9. The van der Waals surface area contributed by atoms with Crippen molar-refractivity contribution in [1.29, 1.82) is 0 Å². The van der Waals surface area contributed by atoms with E-state index in [1.165, 1.54) is 0 Å². The van der Waals surface area contributed by atoms with Crippen LogP contribution in [0.4, 0.5) is 0 Å². The molecule has 2 heterocycles. The van der Waals surface area contributed by atoms with E-state index in [-0.39, 0.29) is 0 Å². The Balaban J connectivity index is 1.36. The highest BCUT2D eigenvalue weighted by atomic mass is 35.5. The Bertz CT molecular complexity index is 1130. The van der Waals surface area contributed by atoms with Crippen molar-refractivity contribution in [2.45, 2.75) is 17.5 Å². The smallest absolute Gasteiger partial charge is 0.191 e. The summed E-state index contributed by atoms with van der Waals surface area (Å²) in [5.74, 6) is 3.07. The number of ether oxygens (including phenoxy) is 2. The molecule has 0 spiro atoms. The van der Waals surface area contributed by atoms with Gasteiger partial charge in [0.25, 0.3) is 0 Å². The third kappa shape index (κ3) is 4.95. The van der Waals surface area contributed by atoms with E-state index in [0.717, 1.165) is 38.7 Å². The van der Waals surface area contributed by atoms with Crippen LogP contribution in [-0.2, 0) is 19.4 Å². The van der Waals surface area contributed by atoms with Gasteiger partial charge in [0.2, 0.25) is 0 Å². The zero-order chi connectivity index (χ0) is 20.9. The van der Waals surface area contributed by atoms with Crippen molar-refractivity contribution in [1.82, 2.24) is 19.7 Å². The first-order valence-electron chi connectivity index (χ1n) is 9.10. The third-order valence-corrected chi connectivity index (χ3v) is 6.46. The Morgan fingerprint density at radius 3 is 2.73 bits per heavy atom. The van der Waals surface area contributed by atoms with Gasteiger partial charge in [0, 0.05) is 28.8 Å². The van der Waals surface area contributed by atoms with E-state index >= 15 is 0 Å². The Kier molecular flexibility index (Phi) is 6.56. The van der Waals surface area contributed by atoms with E-state index in [1.54, 1.807) is 30.2 Å². The summed E-state index contributed by atoms with van der Waals surface area (Å²) in [6.45, 7) is 0.431. The molecule has 2 aromatic heterocycles. The second-order valence-electron chi connectivity index (χ2n) is 6.36. The summed E-state index contributed by atoms with van der Waals surface area (Å²) in [5, 5.41) is 13.2. The van der Waals surface area contributed by atoms with E-state index < -0.39 is 0 Å². The van der Waals surface area contributed by atoms with E-state index in [1.807, 2.05) is 65.5 Å². The van der Waals surface area contributed by atoms with Gasteiger partial charge < -0.3 is 14.0 Å². The van der Waals surface area contributed by atoms with Gasteiger partial charge in [-0.25, -0.2) is 4.98 Å². The second-order valence-corrected chi connectivity index (χ2v) is 8.68. The number of thioether (sulfide) groups is 1. The lowest BCUT2D eigenvalue weighted by molar-refractivity contribution is 0.305. The summed E-state index contributed by atoms with van der Waals surface area (Å²) < 4.78 is 13.0. The number of aromatic nitrogens is 4. The van der Waals surface area contributed by atoms with Crippen LogP contribution in [0, 0.1) is 0 Å². The zero-order valence-corrected chi connectivity index (χ0v) is 18.8. The molecule has 0 aliphatic heterocycles. The van der Waals surface area contributed by atoms with E-state index in [2.05, 4.69) is 15.2 Å². The molecule has 0 saturated heterocycles. The maximum Gasteiger partial charge on any atom is 0.191 e. The molecule has 0 amide bonds. The van der Waals surface area contributed by atoms with Gasteiger partial charge in [0.1, 0.15) is 23.1 Å². The number of methoxy groups -OCH3 is 1. The molecular formula is C21H19ClN4O2S2. The lowest BCUT2D eigenvalue weighted by Gasteiger charge is -2.05. The van der Waals surface area contributed by atoms with Gasteiger partial charge in [0.05, 0.1) is 12.8 Å². The molecule has 30 heavy (non-hydrogen) atoms. The largest absolute Gasteiger partial charge is 0.497 e. The minimum absolute atomic E-state index is 0.431. The van der Waals surface area contributed by atoms with Crippen molar-refractivity contribution in [3.05, 3.63) is 69.6 Å². The number of hydrogen-bond acceptors (Lipinski definition) is 7. The molecule has 9 heteroatoms. The molecule has 0 aliphatic rings. The summed E-state index contributed by atoms with van der Waals surface area (Å²) in [6, 6.07) is 15.1. The molecule has 0 bridgehead atoms. The molecule has 6 nitrogen and oxygen atoms in total. The van der Waals surface area contributed by atoms with Gasteiger partial charge in [-0.2, -0.15) is 0 Å². The van der Waals surface area contributed by atoms with Crippen LogP contribution in [0.2, 0.25) is 5.02 Å². The van der Waals surface area contributed by atoms with Gasteiger partial charge in [-0.1, -0.05) is 35.5 Å². The molecule has 0 fully saturated rings. The van der Waals surface area contributed by atoms with Crippen LogP contribution in [0.3, 0.4) is 0 Å². The van der Waals surface area contributed by atoms with Crippen LogP contribution in [0.25, 0.3) is 11.4 Å². The fourth-order valence-corrected chi connectivity index (χ4v) is 4.49. The van der Waals surface area contributed by atoms with Crippen LogP contribution in [0.15, 0.2) is 59.1 Å². The molecule has 4 aromatic rings. The molecule has 0 atom stereocenters. The number of halogens is 1.